The maximum atomic E-state index is 12.3. The van der Waals surface area contributed by atoms with Crippen molar-refractivity contribution >= 4 is 28.1 Å². The Hall–Kier alpha value is -1.54. The van der Waals surface area contributed by atoms with Crippen molar-refractivity contribution in [2.75, 3.05) is 26.2 Å². The van der Waals surface area contributed by atoms with E-state index in [-0.39, 0.29) is 17.1 Å². The van der Waals surface area contributed by atoms with Crippen molar-refractivity contribution in [1.29, 1.82) is 0 Å². The summed E-state index contributed by atoms with van der Waals surface area (Å²) in [5, 5.41) is -0.209. The molecule has 1 saturated carbocycles. The molecular formula is C13H17N3O4S. The number of amides is 2. The molecule has 3 aliphatic rings. The second kappa shape index (κ2) is 5.34. The van der Waals surface area contributed by atoms with Crippen molar-refractivity contribution < 1.29 is 18.0 Å². The first-order chi connectivity index (χ1) is 9.98. The van der Waals surface area contributed by atoms with Crippen molar-refractivity contribution in [3.63, 3.8) is 0 Å². The second-order valence-corrected chi connectivity index (χ2v) is 7.68. The Labute approximate surface area is 123 Å². The van der Waals surface area contributed by atoms with Gasteiger partial charge >= 0.3 is 0 Å². The van der Waals surface area contributed by atoms with Gasteiger partial charge in [0, 0.05) is 38.5 Å². The first kappa shape index (κ1) is 14.4. The molecule has 0 N–H and O–H groups in total. The van der Waals surface area contributed by atoms with E-state index in [4.69, 9.17) is 0 Å². The number of hydrogen-bond donors (Lipinski definition) is 0. The summed E-state index contributed by atoms with van der Waals surface area (Å²) in [6.45, 7) is 1.46. The van der Waals surface area contributed by atoms with Crippen molar-refractivity contribution in [3.8, 4) is 0 Å². The summed E-state index contributed by atoms with van der Waals surface area (Å²) in [6, 6.07) is 0. The van der Waals surface area contributed by atoms with Crippen LogP contribution in [0.3, 0.4) is 0 Å². The minimum atomic E-state index is -3.16. The maximum Gasteiger partial charge on any atom is 0.269 e. The Bertz CT molecular complexity index is 597. The van der Waals surface area contributed by atoms with E-state index in [1.165, 1.54) is 22.7 Å². The number of carbonyl (C=O) groups excluding carboxylic acids is 2. The zero-order valence-electron chi connectivity index (χ0n) is 11.5. The third-order valence-electron chi connectivity index (χ3n) is 3.95. The van der Waals surface area contributed by atoms with Gasteiger partial charge in [0.15, 0.2) is 0 Å². The Balaban J connectivity index is 1.58. The number of carbonyl (C=O) groups is 2. The van der Waals surface area contributed by atoms with Gasteiger partial charge in [-0.1, -0.05) is 6.08 Å². The molecule has 2 amide bonds. The quantitative estimate of drug-likeness (QED) is 0.697. The van der Waals surface area contributed by atoms with E-state index < -0.39 is 15.9 Å². The Kier molecular flexibility index (Phi) is 3.66. The van der Waals surface area contributed by atoms with Crippen LogP contribution in [-0.2, 0) is 19.6 Å². The van der Waals surface area contributed by atoms with Gasteiger partial charge in [0.2, 0.25) is 15.9 Å². The molecular weight excluding hydrogens is 294 g/mol. The molecule has 0 aromatic carbocycles. The van der Waals surface area contributed by atoms with Gasteiger partial charge in [0.25, 0.3) is 5.91 Å². The van der Waals surface area contributed by atoms with Gasteiger partial charge in [-0.2, -0.15) is 4.31 Å². The molecule has 1 aliphatic carbocycles. The van der Waals surface area contributed by atoms with Crippen LogP contribution in [0.5, 0.6) is 0 Å². The summed E-state index contributed by atoms with van der Waals surface area (Å²) < 4.78 is 25.7. The average molecular weight is 311 g/mol. The van der Waals surface area contributed by atoms with Crippen molar-refractivity contribution in [2.45, 2.75) is 18.1 Å². The smallest absolute Gasteiger partial charge is 0.269 e. The lowest BCUT2D eigenvalue weighted by molar-refractivity contribution is -0.133. The summed E-state index contributed by atoms with van der Waals surface area (Å²) in [6.07, 6.45) is 5.66. The Morgan fingerprint density at radius 3 is 2.38 bits per heavy atom. The van der Waals surface area contributed by atoms with Gasteiger partial charge in [0.1, 0.15) is 0 Å². The lowest BCUT2D eigenvalue weighted by atomic mass is 10.1. The zero-order valence-corrected chi connectivity index (χ0v) is 12.3. The monoisotopic (exact) mass is 311 g/mol. The lowest BCUT2D eigenvalue weighted by Crippen LogP contribution is -2.52. The highest BCUT2D eigenvalue weighted by Crippen LogP contribution is 2.31. The number of hydrogen-bond acceptors (Lipinski definition) is 4. The van der Waals surface area contributed by atoms with Crippen molar-refractivity contribution in [2.24, 2.45) is 10.9 Å². The molecule has 114 valence electrons. The fourth-order valence-corrected chi connectivity index (χ4v) is 4.35. The van der Waals surface area contributed by atoms with Crippen LogP contribution in [0.1, 0.15) is 12.8 Å². The Morgan fingerprint density at radius 1 is 1.19 bits per heavy atom. The van der Waals surface area contributed by atoms with Crippen LogP contribution in [0.4, 0.5) is 0 Å². The number of aliphatic imine (C=N–C) groups is 1. The van der Waals surface area contributed by atoms with Crippen molar-refractivity contribution in [1.82, 2.24) is 9.21 Å². The molecule has 1 unspecified atom stereocenters. The van der Waals surface area contributed by atoms with E-state index in [2.05, 4.69) is 4.99 Å². The molecule has 1 saturated heterocycles. The minimum absolute atomic E-state index is 0.133. The van der Waals surface area contributed by atoms with Crippen molar-refractivity contribution in [3.05, 3.63) is 12.2 Å². The highest BCUT2D eigenvalue weighted by Gasteiger charge is 2.41. The van der Waals surface area contributed by atoms with Crippen LogP contribution in [0.2, 0.25) is 0 Å². The maximum absolute atomic E-state index is 12.3. The molecule has 0 aromatic heterocycles. The predicted octanol–water partition coefficient (Wildman–Crippen LogP) is -0.594. The molecule has 3 rings (SSSR count). The average Bonchev–Trinajstić information content (AvgIpc) is 3.32. The van der Waals surface area contributed by atoms with Crippen LogP contribution in [-0.4, -0.2) is 67.1 Å². The number of nitrogens with zero attached hydrogens (tertiary/aromatic N) is 3. The molecule has 8 heteroatoms. The summed E-state index contributed by atoms with van der Waals surface area (Å²) in [7, 11) is -3.16. The van der Waals surface area contributed by atoms with Gasteiger partial charge in [0.05, 0.1) is 11.2 Å². The van der Waals surface area contributed by atoms with E-state index >= 15 is 0 Å². The van der Waals surface area contributed by atoms with E-state index in [1.807, 2.05) is 0 Å². The summed E-state index contributed by atoms with van der Waals surface area (Å²) >= 11 is 0. The molecule has 21 heavy (non-hydrogen) atoms. The largest absolute Gasteiger partial charge is 0.339 e. The molecule has 7 nitrogen and oxygen atoms in total. The third kappa shape index (κ3) is 2.91. The molecule has 0 radical (unpaired) electrons. The van der Waals surface area contributed by atoms with E-state index in [0.29, 0.717) is 26.2 Å². The zero-order chi connectivity index (χ0) is 15.0. The highest BCUT2D eigenvalue weighted by molar-refractivity contribution is 7.90. The normalized spacial score (nSPS) is 27.1. The summed E-state index contributed by atoms with van der Waals surface area (Å²) in [5.74, 6) is -1.01. The topological polar surface area (TPSA) is 87.1 Å². The number of sulfonamides is 1. The third-order valence-corrected chi connectivity index (χ3v) is 6.35. The van der Waals surface area contributed by atoms with E-state index in [1.54, 1.807) is 4.90 Å². The van der Waals surface area contributed by atoms with Gasteiger partial charge in [-0.05, 0) is 12.8 Å². The van der Waals surface area contributed by atoms with Crippen LogP contribution < -0.4 is 0 Å². The SMILES string of the molecule is O=C1C=CC(C(=O)N2CCN(S(=O)(=O)C3CC3)CC2)C=N1. The van der Waals surface area contributed by atoms with E-state index in [9.17, 15) is 18.0 Å². The molecule has 0 aromatic rings. The van der Waals surface area contributed by atoms with Crippen LogP contribution >= 0.6 is 0 Å². The van der Waals surface area contributed by atoms with Crippen LogP contribution in [0.15, 0.2) is 17.1 Å². The van der Waals surface area contributed by atoms with Gasteiger partial charge in [-0.25, -0.2) is 13.4 Å². The second-order valence-electron chi connectivity index (χ2n) is 5.47. The van der Waals surface area contributed by atoms with Gasteiger partial charge in [-0.3, -0.25) is 9.59 Å². The highest BCUT2D eigenvalue weighted by atomic mass is 32.2. The lowest BCUT2D eigenvalue weighted by Gasteiger charge is -2.35. The summed E-state index contributed by atoms with van der Waals surface area (Å²) in [4.78, 5) is 28.5. The number of dihydropyridines is 1. The van der Waals surface area contributed by atoms with Gasteiger partial charge in [-0.15, -0.1) is 0 Å². The van der Waals surface area contributed by atoms with Gasteiger partial charge < -0.3 is 4.90 Å². The molecule has 0 spiro atoms. The predicted molar refractivity (Wildman–Crippen MR) is 76.2 cm³/mol. The van der Waals surface area contributed by atoms with E-state index in [0.717, 1.165) is 12.8 Å². The van der Waals surface area contributed by atoms with Crippen LogP contribution in [0, 0.1) is 5.92 Å². The number of rotatable bonds is 3. The summed E-state index contributed by atoms with van der Waals surface area (Å²) in [5.41, 5.74) is 0. The standard InChI is InChI=1S/C13H17N3O4S/c17-12-4-1-10(9-14-12)13(18)15-5-7-16(8-6-15)21(19,20)11-2-3-11/h1,4,9-11H,2-3,5-8H2. The molecule has 0 bridgehead atoms. The molecule has 2 fully saturated rings. The molecule has 2 aliphatic heterocycles. The van der Waals surface area contributed by atoms with Crippen LogP contribution in [0.25, 0.3) is 0 Å². The Morgan fingerprint density at radius 2 is 1.86 bits per heavy atom. The fraction of sp³-hybridized carbons (Fsp3) is 0.615. The first-order valence-electron chi connectivity index (χ1n) is 7.02. The first-order valence-corrected chi connectivity index (χ1v) is 8.53. The minimum Gasteiger partial charge on any atom is -0.339 e. The molecule has 2 heterocycles. The fourth-order valence-electron chi connectivity index (χ4n) is 2.53. The molecule has 1 atom stereocenters. The number of piperazine rings is 1.